The van der Waals surface area contributed by atoms with Crippen LogP contribution in [0.4, 0.5) is 4.39 Å². The van der Waals surface area contributed by atoms with Gasteiger partial charge in [0.2, 0.25) is 0 Å². The maximum atomic E-state index is 13.7. The highest BCUT2D eigenvalue weighted by molar-refractivity contribution is 6.30. The molecular weight excluding hydrogens is 503 g/mol. The van der Waals surface area contributed by atoms with Gasteiger partial charge in [0.25, 0.3) is 5.91 Å². The summed E-state index contributed by atoms with van der Waals surface area (Å²) in [5, 5.41) is 13.6. The number of aryl methyl sites for hydroxylation is 2. The SMILES string of the molecule is O=C(O)CCCCc1cc2cc(C(=O)N[C@@H]3CCCc4cc(F)ccc43)ccc2nc1-c1ccc(Cl)cc1. The number of benzene rings is 3. The number of hydrogen-bond donors (Lipinski definition) is 2. The van der Waals surface area contributed by atoms with Gasteiger partial charge in [-0.2, -0.15) is 0 Å². The normalized spacial score (nSPS) is 14.7. The van der Waals surface area contributed by atoms with Gasteiger partial charge >= 0.3 is 5.97 Å². The lowest BCUT2D eigenvalue weighted by atomic mass is 9.87. The third kappa shape index (κ3) is 5.86. The molecular formula is C31H28ClFN2O3. The fourth-order valence-electron chi connectivity index (χ4n) is 5.18. The summed E-state index contributed by atoms with van der Waals surface area (Å²) in [7, 11) is 0. The van der Waals surface area contributed by atoms with E-state index in [1.54, 1.807) is 18.2 Å². The molecule has 5 nitrogen and oxygen atoms in total. The molecule has 1 atom stereocenters. The number of nitrogens with one attached hydrogen (secondary N) is 1. The van der Waals surface area contributed by atoms with Crippen molar-refractivity contribution in [3.8, 4) is 11.3 Å². The number of halogens is 2. The van der Waals surface area contributed by atoms with Gasteiger partial charge in [0.1, 0.15) is 5.82 Å². The Bertz CT molecular complexity index is 1500. The van der Waals surface area contributed by atoms with E-state index in [4.69, 9.17) is 21.7 Å². The van der Waals surface area contributed by atoms with Gasteiger partial charge in [-0.3, -0.25) is 9.59 Å². The van der Waals surface area contributed by atoms with Gasteiger partial charge in [0.15, 0.2) is 0 Å². The second kappa shape index (κ2) is 11.3. The number of carbonyl (C=O) groups is 2. The van der Waals surface area contributed by atoms with Crippen molar-refractivity contribution in [2.45, 2.75) is 51.0 Å². The number of aromatic nitrogens is 1. The molecule has 0 spiro atoms. The topological polar surface area (TPSA) is 79.3 Å². The molecule has 0 saturated heterocycles. The average Bonchev–Trinajstić information content (AvgIpc) is 2.90. The zero-order valence-electron chi connectivity index (χ0n) is 20.8. The van der Waals surface area contributed by atoms with Crippen molar-refractivity contribution < 1.29 is 19.1 Å². The Morgan fingerprint density at radius 3 is 2.63 bits per heavy atom. The predicted octanol–water partition coefficient (Wildman–Crippen LogP) is 7.30. The van der Waals surface area contributed by atoms with Crippen molar-refractivity contribution in [2.75, 3.05) is 0 Å². The van der Waals surface area contributed by atoms with Gasteiger partial charge in [-0.1, -0.05) is 29.8 Å². The zero-order chi connectivity index (χ0) is 26.6. The van der Waals surface area contributed by atoms with Crippen LogP contribution in [0.3, 0.4) is 0 Å². The molecule has 7 heteroatoms. The number of aliphatic carboxylic acids is 1. The fraction of sp³-hybridized carbons (Fsp3) is 0.258. The zero-order valence-corrected chi connectivity index (χ0v) is 21.6. The van der Waals surface area contributed by atoms with Crippen LogP contribution in [-0.2, 0) is 17.6 Å². The Hall–Kier alpha value is -3.77. The molecule has 0 aliphatic heterocycles. The van der Waals surface area contributed by atoms with Crippen LogP contribution in [0.25, 0.3) is 22.2 Å². The molecule has 1 aliphatic rings. The maximum absolute atomic E-state index is 13.7. The first-order valence-electron chi connectivity index (χ1n) is 12.9. The first-order chi connectivity index (χ1) is 18.4. The molecule has 0 bridgehead atoms. The molecule has 0 fully saturated rings. The smallest absolute Gasteiger partial charge is 0.303 e. The summed E-state index contributed by atoms with van der Waals surface area (Å²) in [5.41, 5.74) is 5.97. The van der Waals surface area contributed by atoms with Crippen LogP contribution in [0.1, 0.15) is 65.2 Å². The molecule has 3 aromatic carbocycles. The molecule has 0 unspecified atom stereocenters. The lowest BCUT2D eigenvalue weighted by molar-refractivity contribution is -0.137. The molecule has 1 aromatic heterocycles. The van der Waals surface area contributed by atoms with E-state index >= 15 is 0 Å². The van der Waals surface area contributed by atoms with Crippen molar-refractivity contribution in [2.24, 2.45) is 0 Å². The highest BCUT2D eigenvalue weighted by atomic mass is 35.5. The molecule has 1 amide bonds. The van der Waals surface area contributed by atoms with Crippen LogP contribution in [0.5, 0.6) is 0 Å². The second-order valence-electron chi connectivity index (χ2n) is 9.77. The monoisotopic (exact) mass is 530 g/mol. The number of amides is 1. The molecule has 38 heavy (non-hydrogen) atoms. The van der Waals surface area contributed by atoms with E-state index in [0.29, 0.717) is 29.8 Å². The number of carboxylic acid groups (broad SMARTS) is 1. The van der Waals surface area contributed by atoms with Gasteiger partial charge in [0, 0.05) is 28.0 Å². The fourth-order valence-corrected chi connectivity index (χ4v) is 5.30. The largest absolute Gasteiger partial charge is 0.481 e. The molecule has 0 saturated carbocycles. The second-order valence-corrected chi connectivity index (χ2v) is 10.2. The van der Waals surface area contributed by atoms with Crippen molar-refractivity contribution in [3.05, 3.63) is 99.8 Å². The standard InChI is InChI=1S/C31H28ClFN2O3/c32-24-11-8-19(9-12-24)30-21(4-1-2-7-29(36)37)16-23-17-22(10-15-27(23)34-30)31(38)35-28-6-3-5-20-18-25(33)13-14-26(20)28/h8-18,28H,1-7H2,(H,35,38)(H,36,37)/t28-/m1/s1. The molecule has 4 aromatic rings. The van der Waals surface area contributed by atoms with Crippen LogP contribution >= 0.6 is 11.6 Å². The Balaban J connectivity index is 1.43. The third-order valence-electron chi connectivity index (χ3n) is 7.08. The van der Waals surface area contributed by atoms with Crippen LogP contribution < -0.4 is 5.32 Å². The number of hydrogen-bond acceptors (Lipinski definition) is 3. The summed E-state index contributed by atoms with van der Waals surface area (Å²) >= 11 is 6.09. The lowest BCUT2D eigenvalue weighted by Crippen LogP contribution is -2.31. The predicted molar refractivity (Wildman–Crippen MR) is 147 cm³/mol. The van der Waals surface area contributed by atoms with Gasteiger partial charge < -0.3 is 10.4 Å². The van der Waals surface area contributed by atoms with Crippen LogP contribution in [-0.4, -0.2) is 22.0 Å². The molecule has 1 heterocycles. The van der Waals surface area contributed by atoms with E-state index in [0.717, 1.165) is 58.1 Å². The van der Waals surface area contributed by atoms with Gasteiger partial charge in [-0.25, -0.2) is 9.37 Å². The van der Waals surface area contributed by atoms with Crippen LogP contribution in [0.15, 0.2) is 66.7 Å². The third-order valence-corrected chi connectivity index (χ3v) is 7.34. The van der Waals surface area contributed by atoms with Gasteiger partial charge in [-0.05, 0) is 104 Å². The number of unbranched alkanes of at least 4 members (excludes halogenated alkanes) is 1. The summed E-state index contributed by atoms with van der Waals surface area (Å²) < 4.78 is 13.7. The van der Waals surface area contributed by atoms with E-state index in [1.807, 2.05) is 42.5 Å². The average molecular weight is 531 g/mol. The van der Waals surface area contributed by atoms with E-state index in [2.05, 4.69) is 5.32 Å². The Morgan fingerprint density at radius 2 is 1.84 bits per heavy atom. The number of fused-ring (bicyclic) bond motifs is 2. The molecule has 2 N–H and O–H groups in total. The first-order valence-corrected chi connectivity index (χ1v) is 13.3. The summed E-state index contributed by atoms with van der Waals surface area (Å²) in [6.07, 6.45) is 4.58. The summed E-state index contributed by atoms with van der Waals surface area (Å²) in [4.78, 5) is 29.1. The van der Waals surface area contributed by atoms with Gasteiger partial charge in [0.05, 0.1) is 17.3 Å². The molecule has 1 aliphatic carbocycles. The van der Waals surface area contributed by atoms with E-state index in [1.165, 1.54) is 6.07 Å². The number of nitrogens with zero attached hydrogens (tertiary/aromatic N) is 1. The summed E-state index contributed by atoms with van der Waals surface area (Å²) in [6, 6.07) is 19.6. The lowest BCUT2D eigenvalue weighted by Gasteiger charge is -2.26. The van der Waals surface area contributed by atoms with E-state index < -0.39 is 5.97 Å². The summed E-state index contributed by atoms with van der Waals surface area (Å²) in [5.74, 6) is -1.24. The highest BCUT2D eigenvalue weighted by Crippen LogP contribution is 2.32. The summed E-state index contributed by atoms with van der Waals surface area (Å²) in [6.45, 7) is 0. The Kier molecular flexibility index (Phi) is 7.70. The van der Waals surface area contributed by atoms with Crippen molar-refractivity contribution in [1.29, 1.82) is 0 Å². The van der Waals surface area contributed by atoms with Crippen LogP contribution in [0, 0.1) is 5.82 Å². The highest BCUT2D eigenvalue weighted by Gasteiger charge is 2.23. The number of carbonyl (C=O) groups excluding carboxylic acids is 1. The van der Waals surface area contributed by atoms with Crippen molar-refractivity contribution in [1.82, 2.24) is 10.3 Å². The molecule has 5 rings (SSSR count). The number of rotatable bonds is 8. The van der Waals surface area contributed by atoms with E-state index in [9.17, 15) is 14.0 Å². The molecule has 0 radical (unpaired) electrons. The van der Waals surface area contributed by atoms with Crippen molar-refractivity contribution in [3.63, 3.8) is 0 Å². The minimum Gasteiger partial charge on any atom is -0.481 e. The minimum atomic E-state index is -0.805. The Morgan fingerprint density at radius 1 is 1.03 bits per heavy atom. The number of pyridine rings is 1. The minimum absolute atomic E-state index is 0.124. The van der Waals surface area contributed by atoms with E-state index in [-0.39, 0.29) is 24.2 Å². The van der Waals surface area contributed by atoms with Gasteiger partial charge in [-0.15, -0.1) is 0 Å². The number of carboxylic acids is 1. The molecule has 194 valence electrons. The van der Waals surface area contributed by atoms with Crippen molar-refractivity contribution >= 4 is 34.4 Å². The quantitative estimate of drug-likeness (QED) is 0.234. The Labute approximate surface area is 225 Å². The first kappa shape index (κ1) is 25.9. The maximum Gasteiger partial charge on any atom is 0.303 e. The van der Waals surface area contributed by atoms with Crippen LogP contribution in [0.2, 0.25) is 5.02 Å².